The van der Waals surface area contributed by atoms with Crippen LogP contribution in [0.1, 0.15) is 63.6 Å². The van der Waals surface area contributed by atoms with Crippen LogP contribution in [0, 0.1) is 0 Å². The maximum absolute atomic E-state index is 5.72. The highest BCUT2D eigenvalue weighted by atomic mass is 16.5. The third-order valence-electron chi connectivity index (χ3n) is 4.18. The first-order valence-corrected chi connectivity index (χ1v) is 7.69. The van der Waals surface area contributed by atoms with Gasteiger partial charge in [0.2, 0.25) is 0 Å². The lowest BCUT2D eigenvalue weighted by Crippen LogP contribution is -2.29. The SMILES string of the molecule is CC(C)(C)c1ccc(C(CCC2CCCO2)NN)cc1. The molecule has 1 fully saturated rings. The summed E-state index contributed by atoms with van der Waals surface area (Å²) in [5.41, 5.74) is 5.76. The van der Waals surface area contributed by atoms with Crippen molar-refractivity contribution >= 4 is 0 Å². The minimum Gasteiger partial charge on any atom is -0.378 e. The summed E-state index contributed by atoms with van der Waals surface area (Å²) in [6, 6.07) is 9.03. The molecule has 1 aromatic rings. The van der Waals surface area contributed by atoms with Crippen molar-refractivity contribution in [2.75, 3.05) is 6.61 Å². The first kappa shape index (κ1) is 15.5. The van der Waals surface area contributed by atoms with E-state index in [0.717, 1.165) is 19.4 Å². The van der Waals surface area contributed by atoms with Crippen LogP contribution in [-0.2, 0) is 10.2 Å². The second kappa shape index (κ2) is 6.70. The van der Waals surface area contributed by atoms with Crippen molar-refractivity contribution in [3.8, 4) is 0 Å². The van der Waals surface area contributed by atoms with Gasteiger partial charge in [0.05, 0.1) is 6.10 Å². The first-order valence-electron chi connectivity index (χ1n) is 7.69. The molecule has 0 amide bonds. The Morgan fingerprint density at radius 2 is 2.00 bits per heavy atom. The molecule has 1 aliphatic heterocycles. The van der Waals surface area contributed by atoms with Crippen LogP contribution in [-0.4, -0.2) is 12.7 Å². The monoisotopic (exact) mass is 276 g/mol. The van der Waals surface area contributed by atoms with Crippen LogP contribution in [0.2, 0.25) is 0 Å². The highest BCUT2D eigenvalue weighted by molar-refractivity contribution is 5.29. The summed E-state index contributed by atoms with van der Waals surface area (Å²) >= 11 is 0. The third-order valence-corrected chi connectivity index (χ3v) is 4.18. The van der Waals surface area contributed by atoms with Gasteiger partial charge < -0.3 is 4.74 Å². The number of benzene rings is 1. The zero-order chi connectivity index (χ0) is 14.6. The molecule has 0 aliphatic carbocycles. The molecule has 2 rings (SSSR count). The lowest BCUT2D eigenvalue weighted by molar-refractivity contribution is 0.0996. The Hall–Kier alpha value is -0.900. The Labute approximate surface area is 122 Å². The Kier molecular flexibility index (Phi) is 5.19. The fourth-order valence-corrected chi connectivity index (χ4v) is 2.79. The molecule has 0 aromatic heterocycles. The summed E-state index contributed by atoms with van der Waals surface area (Å²) in [7, 11) is 0. The van der Waals surface area contributed by atoms with Gasteiger partial charge >= 0.3 is 0 Å². The number of nitrogens with two attached hydrogens (primary N) is 1. The number of hydrogen-bond donors (Lipinski definition) is 2. The predicted molar refractivity (Wildman–Crippen MR) is 83.4 cm³/mol. The van der Waals surface area contributed by atoms with Crippen molar-refractivity contribution < 1.29 is 4.74 Å². The fourth-order valence-electron chi connectivity index (χ4n) is 2.79. The highest BCUT2D eigenvalue weighted by Gasteiger charge is 2.19. The molecule has 1 aliphatic rings. The van der Waals surface area contributed by atoms with Gasteiger partial charge in [-0.15, -0.1) is 0 Å². The molecule has 3 heteroatoms. The second-order valence-electron chi connectivity index (χ2n) is 6.80. The maximum Gasteiger partial charge on any atom is 0.0576 e. The largest absolute Gasteiger partial charge is 0.378 e. The molecule has 1 saturated heterocycles. The van der Waals surface area contributed by atoms with Gasteiger partial charge in [-0.05, 0) is 42.2 Å². The Morgan fingerprint density at radius 1 is 1.30 bits per heavy atom. The van der Waals surface area contributed by atoms with Gasteiger partial charge in [0, 0.05) is 12.6 Å². The maximum atomic E-state index is 5.72. The molecule has 20 heavy (non-hydrogen) atoms. The van der Waals surface area contributed by atoms with E-state index in [-0.39, 0.29) is 11.5 Å². The molecule has 1 aromatic carbocycles. The average Bonchev–Trinajstić information content (AvgIpc) is 2.92. The van der Waals surface area contributed by atoms with Gasteiger partial charge in [0.25, 0.3) is 0 Å². The molecule has 0 spiro atoms. The summed E-state index contributed by atoms with van der Waals surface area (Å²) < 4.78 is 5.68. The van der Waals surface area contributed by atoms with Gasteiger partial charge in [-0.3, -0.25) is 11.3 Å². The lowest BCUT2D eigenvalue weighted by atomic mass is 9.86. The van der Waals surface area contributed by atoms with Crippen molar-refractivity contribution in [1.82, 2.24) is 5.43 Å². The number of ether oxygens (including phenoxy) is 1. The van der Waals surface area contributed by atoms with E-state index in [9.17, 15) is 0 Å². The van der Waals surface area contributed by atoms with E-state index in [0.29, 0.717) is 6.10 Å². The van der Waals surface area contributed by atoms with Crippen molar-refractivity contribution in [3.63, 3.8) is 0 Å². The summed E-state index contributed by atoms with van der Waals surface area (Å²) in [5.74, 6) is 5.72. The van der Waals surface area contributed by atoms with Crippen LogP contribution < -0.4 is 11.3 Å². The third kappa shape index (κ3) is 4.05. The Balaban J connectivity index is 1.96. The van der Waals surface area contributed by atoms with Crippen LogP contribution >= 0.6 is 0 Å². The Bertz CT molecular complexity index is 402. The van der Waals surface area contributed by atoms with E-state index in [4.69, 9.17) is 10.6 Å². The molecular formula is C17H28N2O. The molecule has 2 unspecified atom stereocenters. The van der Waals surface area contributed by atoms with Crippen molar-refractivity contribution in [1.29, 1.82) is 0 Å². The topological polar surface area (TPSA) is 47.3 Å². The predicted octanol–water partition coefficient (Wildman–Crippen LogP) is 3.45. The number of hydrazine groups is 1. The van der Waals surface area contributed by atoms with E-state index < -0.39 is 0 Å². The van der Waals surface area contributed by atoms with E-state index in [2.05, 4.69) is 50.5 Å². The van der Waals surface area contributed by atoms with Crippen LogP contribution in [0.3, 0.4) is 0 Å². The van der Waals surface area contributed by atoms with Crippen molar-refractivity contribution in [3.05, 3.63) is 35.4 Å². The van der Waals surface area contributed by atoms with Crippen LogP contribution in [0.5, 0.6) is 0 Å². The van der Waals surface area contributed by atoms with Gasteiger partial charge in [0.15, 0.2) is 0 Å². The molecule has 3 nitrogen and oxygen atoms in total. The number of hydrogen-bond acceptors (Lipinski definition) is 3. The van der Waals surface area contributed by atoms with Crippen LogP contribution in [0.25, 0.3) is 0 Å². The first-order chi connectivity index (χ1) is 9.50. The molecule has 2 atom stereocenters. The zero-order valence-corrected chi connectivity index (χ0v) is 13.0. The molecule has 0 bridgehead atoms. The smallest absolute Gasteiger partial charge is 0.0576 e. The standard InChI is InChI=1S/C17H28N2O/c1-17(2,3)14-8-6-13(7-9-14)16(19-18)11-10-15-5-4-12-20-15/h6-9,15-16,19H,4-5,10-12,18H2,1-3H3. The van der Waals surface area contributed by atoms with Crippen molar-refractivity contribution in [2.24, 2.45) is 5.84 Å². The molecular weight excluding hydrogens is 248 g/mol. The number of nitrogens with one attached hydrogen (secondary N) is 1. The molecule has 3 N–H and O–H groups in total. The summed E-state index contributed by atoms with van der Waals surface area (Å²) in [6.45, 7) is 7.62. The van der Waals surface area contributed by atoms with E-state index in [1.165, 1.54) is 24.0 Å². The van der Waals surface area contributed by atoms with E-state index in [1.54, 1.807) is 0 Å². The normalized spacial score (nSPS) is 21.1. The minimum absolute atomic E-state index is 0.196. The highest BCUT2D eigenvalue weighted by Crippen LogP contribution is 2.27. The number of rotatable bonds is 5. The summed E-state index contributed by atoms with van der Waals surface area (Å²) in [5, 5.41) is 0. The molecule has 1 heterocycles. The quantitative estimate of drug-likeness (QED) is 0.639. The fraction of sp³-hybridized carbons (Fsp3) is 0.647. The second-order valence-corrected chi connectivity index (χ2v) is 6.80. The van der Waals surface area contributed by atoms with Gasteiger partial charge in [-0.1, -0.05) is 45.0 Å². The minimum atomic E-state index is 0.196. The molecule has 0 saturated carbocycles. The van der Waals surface area contributed by atoms with E-state index >= 15 is 0 Å². The van der Waals surface area contributed by atoms with Crippen molar-refractivity contribution in [2.45, 2.75) is 64.0 Å². The van der Waals surface area contributed by atoms with E-state index in [1.807, 2.05) is 0 Å². The summed E-state index contributed by atoms with van der Waals surface area (Å²) in [6.07, 6.45) is 4.93. The zero-order valence-electron chi connectivity index (χ0n) is 13.0. The van der Waals surface area contributed by atoms with Crippen LogP contribution in [0.4, 0.5) is 0 Å². The van der Waals surface area contributed by atoms with Gasteiger partial charge in [-0.2, -0.15) is 0 Å². The lowest BCUT2D eigenvalue weighted by Gasteiger charge is -2.22. The van der Waals surface area contributed by atoms with Gasteiger partial charge in [-0.25, -0.2) is 0 Å². The molecule has 0 radical (unpaired) electrons. The van der Waals surface area contributed by atoms with Crippen LogP contribution in [0.15, 0.2) is 24.3 Å². The average molecular weight is 276 g/mol. The molecule has 112 valence electrons. The Morgan fingerprint density at radius 3 is 2.50 bits per heavy atom. The summed E-state index contributed by atoms with van der Waals surface area (Å²) in [4.78, 5) is 0. The van der Waals surface area contributed by atoms with Gasteiger partial charge in [0.1, 0.15) is 0 Å².